The maximum atomic E-state index is 12.6. The number of hydrogen-bond acceptors (Lipinski definition) is 4. The van der Waals surface area contributed by atoms with E-state index in [1.165, 1.54) is 0 Å². The molecular formula is C17H21N3O2. The lowest BCUT2D eigenvalue weighted by molar-refractivity contribution is -0.136. The van der Waals surface area contributed by atoms with Crippen LogP contribution in [0.1, 0.15) is 18.5 Å². The largest absolute Gasteiger partial charge is 0.381 e. The minimum atomic E-state index is -0.497. The molecule has 5 heteroatoms. The van der Waals surface area contributed by atoms with Crippen LogP contribution in [0.3, 0.4) is 0 Å². The van der Waals surface area contributed by atoms with Crippen molar-refractivity contribution >= 4 is 16.7 Å². The monoisotopic (exact) mass is 299 g/mol. The van der Waals surface area contributed by atoms with Crippen LogP contribution in [-0.2, 0) is 16.1 Å². The highest BCUT2D eigenvalue weighted by molar-refractivity contribution is 5.86. The molecule has 1 saturated heterocycles. The first-order chi connectivity index (χ1) is 10.7. The summed E-state index contributed by atoms with van der Waals surface area (Å²) in [6, 6.07) is 10.0. The number of aromatic nitrogens is 1. The first-order valence-corrected chi connectivity index (χ1v) is 7.64. The number of carbonyl (C=O) groups is 1. The van der Waals surface area contributed by atoms with Gasteiger partial charge in [0.1, 0.15) is 0 Å². The molecule has 1 aliphatic rings. The van der Waals surface area contributed by atoms with Crippen molar-refractivity contribution in [3.05, 3.63) is 42.2 Å². The zero-order valence-electron chi connectivity index (χ0n) is 12.5. The van der Waals surface area contributed by atoms with Crippen LogP contribution in [0.2, 0.25) is 0 Å². The molecule has 0 saturated carbocycles. The Morgan fingerprint density at radius 2 is 2.05 bits per heavy atom. The van der Waals surface area contributed by atoms with Crippen LogP contribution in [0.4, 0.5) is 0 Å². The summed E-state index contributed by atoms with van der Waals surface area (Å²) in [6.45, 7) is 1.96. The van der Waals surface area contributed by atoms with Gasteiger partial charge in [0.15, 0.2) is 0 Å². The minimum Gasteiger partial charge on any atom is -0.381 e. The summed E-state index contributed by atoms with van der Waals surface area (Å²) in [7, 11) is 0. The Balaban J connectivity index is 1.74. The second kappa shape index (κ2) is 6.42. The van der Waals surface area contributed by atoms with E-state index in [9.17, 15) is 4.79 Å². The Morgan fingerprint density at radius 1 is 1.27 bits per heavy atom. The first-order valence-electron chi connectivity index (χ1n) is 7.64. The van der Waals surface area contributed by atoms with Crippen molar-refractivity contribution in [2.45, 2.75) is 19.4 Å². The van der Waals surface area contributed by atoms with Crippen LogP contribution in [-0.4, -0.2) is 30.6 Å². The fourth-order valence-electron chi connectivity index (χ4n) is 2.96. The number of hydrogen-bond donors (Lipinski definition) is 2. The number of nitrogens with zero attached hydrogens (tertiary/aromatic N) is 1. The van der Waals surface area contributed by atoms with Gasteiger partial charge >= 0.3 is 0 Å². The van der Waals surface area contributed by atoms with Crippen LogP contribution in [0, 0.1) is 5.41 Å². The predicted molar refractivity (Wildman–Crippen MR) is 85.1 cm³/mol. The molecule has 5 nitrogen and oxygen atoms in total. The fourth-order valence-corrected chi connectivity index (χ4v) is 2.96. The first kappa shape index (κ1) is 14.9. The van der Waals surface area contributed by atoms with Crippen LogP contribution in [0.5, 0.6) is 0 Å². The Morgan fingerprint density at radius 3 is 2.82 bits per heavy atom. The lowest BCUT2D eigenvalue weighted by atomic mass is 9.79. The molecule has 0 aliphatic carbocycles. The van der Waals surface area contributed by atoms with E-state index in [-0.39, 0.29) is 5.91 Å². The number of rotatable bonds is 4. The van der Waals surface area contributed by atoms with E-state index < -0.39 is 5.41 Å². The minimum absolute atomic E-state index is 0.00744. The summed E-state index contributed by atoms with van der Waals surface area (Å²) in [4.78, 5) is 17.0. The van der Waals surface area contributed by atoms with E-state index in [1.807, 2.05) is 30.3 Å². The molecule has 2 aromatic rings. The molecule has 1 fully saturated rings. The van der Waals surface area contributed by atoms with Crippen molar-refractivity contribution in [2.24, 2.45) is 11.1 Å². The van der Waals surface area contributed by atoms with Gasteiger partial charge in [-0.15, -0.1) is 0 Å². The van der Waals surface area contributed by atoms with E-state index in [0.717, 1.165) is 16.5 Å². The molecular weight excluding hydrogens is 278 g/mol. The predicted octanol–water partition coefficient (Wildman–Crippen LogP) is 1.61. The molecule has 0 bridgehead atoms. The highest BCUT2D eigenvalue weighted by atomic mass is 16.5. The Hall–Kier alpha value is -1.98. The molecule has 3 N–H and O–H groups in total. The van der Waals surface area contributed by atoms with Gasteiger partial charge < -0.3 is 15.8 Å². The molecule has 2 heterocycles. The molecule has 1 aliphatic heterocycles. The molecule has 0 spiro atoms. The number of ether oxygens (including phenoxy) is 1. The number of pyridine rings is 1. The molecule has 22 heavy (non-hydrogen) atoms. The summed E-state index contributed by atoms with van der Waals surface area (Å²) in [5.74, 6) is 0.00744. The number of benzene rings is 1. The van der Waals surface area contributed by atoms with Crippen molar-refractivity contribution < 1.29 is 9.53 Å². The van der Waals surface area contributed by atoms with E-state index in [1.54, 1.807) is 6.20 Å². The van der Waals surface area contributed by atoms with Gasteiger partial charge in [-0.3, -0.25) is 9.78 Å². The normalized spacial score (nSPS) is 17.3. The standard InChI is InChI=1S/C17H21N3O2/c18-12-17(6-9-22-10-7-17)16(21)20-11-15-14-4-2-1-3-13(14)5-8-19-15/h1-5,8H,6-7,9-12,18H2,(H,20,21). The van der Waals surface area contributed by atoms with Gasteiger partial charge in [-0.25, -0.2) is 0 Å². The number of carbonyl (C=O) groups excluding carboxylic acids is 1. The summed E-state index contributed by atoms with van der Waals surface area (Å²) < 4.78 is 5.35. The number of nitrogens with two attached hydrogens (primary N) is 1. The molecule has 116 valence electrons. The third-order valence-corrected chi connectivity index (χ3v) is 4.49. The second-order valence-electron chi connectivity index (χ2n) is 5.76. The van der Waals surface area contributed by atoms with Gasteiger partial charge in [0, 0.05) is 31.3 Å². The SMILES string of the molecule is NCC1(C(=O)NCc2nccc3ccccc23)CCOCC1. The van der Waals surface area contributed by atoms with Crippen LogP contribution in [0.15, 0.2) is 36.5 Å². The van der Waals surface area contributed by atoms with Gasteiger partial charge in [0.05, 0.1) is 17.7 Å². The lowest BCUT2D eigenvalue weighted by Gasteiger charge is -2.34. The summed E-state index contributed by atoms with van der Waals surface area (Å²) >= 11 is 0. The molecule has 3 rings (SSSR count). The average molecular weight is 299 g/mol. The maximum absolute atomic E-state index is 12.6. The maximum Gasteiger partial charge on any atom is 0.227 e. The smallest absolute Gasteiger partial charge is 0.227 e. The summed E-state index contributed by atoms with van der Waals surface area (Å²) in [5.41, 5.74) is 6.25. The van der Waals surface area contributed by atoms with E-state index in [4.69, 9.17) is 10.5 Å². The second-order valence-corrected chi connectivity index (χ2v) is 5.76. The third-order valence-electron chi connectivity index (χ3n) is 4.49. The van der Waals surface area contributed by atoms with E-state index in [0.29, 0.717) is 39.1 Å². The van der Waals surface area contributed by atoms with Gasteiger partial charge in [-0.2, -0.15) is 0 Å². The number of amides is 1. The van der Waals surface area contributed by atoms with Gasteiger partial charge in [-0.05, 0) is 24.3 Å². The number of fused-ring (bicyclic) bond motifs is 1. The molecule has 1 aromatic heterocycles. The van der Waals surface area contributed by atoms with E-state index in [2.05, 4.69) is 10.3 Å². The third kappa shape index (κ3) is 2.82. The van der Waals surface area contributed by atoms with Crippen molar-refractivity contribution in [1.82, 2.24) is 10.3 Å². The quantitative estimate of drug-likeness (QED) is 0.899. The number of nitrogens with one attached hydrogen (secondary N) is 1. The Labute approximate surface area is 129 Å². The molecule has 1 aromatic carbocycles. The highest BCUT2D eigenvalue weighted by Crippen LogP contribution is 2.29. The Kier molecular flexibility index (Phi) is 4.36. The van der Waals surface area contributed by atoms with Gasteiger partial charge in [-0.1, -0.05) is 24.3 Å². The van der Waals surface area contributed by atoms with Crippen LogP contribution < -0.4 is 11.1 Å². The van der Waals surface area contributed by atoms with Crippen molar-refractivity contribution in [3.8, 4) is 0 Å². The van der Waals surface area contributed by atoms with Gasteiger partial charge in [0.2, 0.25) is 5.91 Å². The van der Waals surface area contributed by atoms with Crippen molar-refractivity contribution in [2.75, 3.05) is 19.8 Å². The van der Waals surface area contributed by atoms with Gasteiger partial charge in [0.25, 0.3) is 0 Å². The zero-order valence-corrected chi connectivity index (χ0v) is 12.5. The molecule has 0 atom stereocenters. The van der Waals surface area contributed by atoms with Crippen molar-refractivity contribution in [1.29, 1.82) is 0 Å². The van der Waals surface area contributed by atoms with E-state index >= 15 is 0 Å². The van der Waals surface area contributed by atoms with Crippen LogP contribution in [0.25, 0.3) is 10.8 Å². The zero-order chi connectivity index (χ0) is 15.4. The molecule has 0 unspecified atom stereocenters. The topological polar surface area (TPSA) is 77.2 Å². The summed E-state index contributed by atoms with van der Waals surface area (Å²) in [5, 5.41) is 5.21. The fraction of sp³-hybridized carbons (Fsp3) is 0.412. The highest BCUT2D eigenvalue weighted by Gasteiger charge is 2.38. The average Bonchev–Trinajstić information content (AvgIpc) is 2.60. The Bertz CT molecular complexity index is 661. The summed E-state index contributed by atoms with van der Waals surface area (Å²) in [6.07, 6.45) is 3.13. The molecule has 0 radical (unpaired) electrons. The van der Waals surface area contributed by atoms with Crippen LogP contribution >= 0.6 is 0 Å². The molecule has 1 amide bonds. The lowest BCUT2D eigenvalue weighted by Crippen LogP contribution is -2.49. The van der Waals surface area contributed by atoms with Crippen molar-refractivity contribution in [3.63, 3.8) is 0 Å².